The first kappa shape index (κ1) is 10.6. The van der Waals surface area contributed by atoms with Crippen molar-refractivity contribution in [1.29, 1.82) is 0 Å². The predicted octanol–water partition coefficient (Wildman–Crippen LogP) is 1.43. The molecular weight excluding hydrogens is 240 g/mol. The van der Waals surface area contributed by atoms with Crippen LogP contribution in [0.25, 0.3) is 0 Å². The molecule has 17 heavy (non-hydrogen) atoms. The molecule has 2 atom stereocenters. The summed E-state index contributed by atoms with van der Waals surface area (Å²) in [5.41, 5.74) is 6.97. The molecule has 1 saturated heterocycles. The average Bonchev–Trinajstić information content (AvgIpc) is 3.04. The zero-order valence-electron chi connectivity index (χ0n) is 9.02. The summed E-state index contributed by atoms with van der Waals surface area (Å²) in [6, 6.07) is 5.16. The highest BCUT2D eigenvalue weighted by Crippen LogP contribution is 2.47. The maximum atomic E-state index is 11.8. The van der Waals surface area contributed by atoms with Gasteiger partial charge < -0.3 is 5.73 Å². The van der Waals surface area contributed by atoms with Crippen molar-refractivity contribution < 1.29 is 9.59 Å². The number of amides is 2. The average molecular weight is 251 g/mol. The SMILES string of the molecule is Nc1cc(CN2C(=O)C3CC3C2=O)ccc1Cl. The summed E-state index contributed by atoms with van der Waals surface area (Å²) in [6.45, 7) is 0.298. The molecule has 2 amide bonds. The van der Waals surface area contributed by atoms with Gasteiger partial charge in [0.25, 0.3) is 0 Å². The number of piperidine rings is 1. The number of hydrogen-bond donors (Lipinski definition) is 1. The van der Waals surface area contributed by atoms with Crippen LogP contribution in [0.4, 0.5) is 5.69 Å². The molecule has 3 rings (SSSR count). The Morgan fingerprint density at radius 3 is 2.53 bits per heavy atom. The lowest BCUT2D eigenvalue weighted by Crippen LogP contribution is -2.32. The summed E-state index contributed by atoms with van der Waals surface area (Å²) in [5, 5.41) is 0.482. The van der Waals surface area contributed by atoms with E-state index in [0.717, 1.165) is 12.0 Å². The van der Waals surface area contributed by atoms with Crippen molar-refractivity contribution in [3.8, 4) is 0 Å². The van der Waals surface area contributed by atoms with Gasteiger partial charge in [-0.05, 0) is 24.1 Å². The Labute approximate surface area is 103 Å². The van der Waals surface area contributed by atoms with Crippen molar-refractivity contribution in [3.05, 3.63) is 28.8 Å². The number of carbonyl (C=O) groups excluding carboxylic acids is 2. The maximum Gasteiger partial charge on any atom is 0.233 e. The largest absolute Gasteiger partial charge is 0.398 e. The van der Waals surface area contributed by atoms with E-state index in [1.54, 1.807) is 18.2 Å². The van der Waals surface area contributed by atoms with Crippen LogP contribution in [-0.4, -0.2) is 16.7 Å². The summed E-state index contributed by atoms with van der Waals surface area (Å²) in [6.07, 6.45) is 0.733. The number of anilines is 1. The third-order valence-electron chi connectivity index (χ3n) is 3.36. The number of fused-ring (bicyclic) bond motifs is 1. The van der Waals surface area contributed by atoms with Gasteiger partial charge in [-0.3, -0.25) is 14.5 Å². The van der Waals surface area contributed by atoms with E-state index >= 15 is 0 Å². The predicted molar refractivity (Wildman–Crippen MR) is 63.0 cm³/mol. The van der Waals surface area contributed by atoms with Gasteiger partial charge in [0.05, 0.1) is 29.1 Å². The van der Waals surface area contributed by atoms with Gasteiger partial charge in [-0.2, -0.15) is 0 Å². The zero-order chi connectivity index (χ0) is 12.2. The number of nitrogens with zero attached hydrogens (tertiary/aromatic N) is 1. The molecule has 1 aliphatic carbocycles. The van der Waals surface area contributed by atoms with E-state index < -0.39 is 0 Å². The van der Waals surface area contributed by atoms with E-state index in [1.807, 2.05) is 0 Å². The minimum Gasteiger partial charge on any atom is -0.398 e. The molecule has 2 aliphatic rings. The smallest absolute Gasteiger partial charge is 0.233 e. The van der Waals surface area contributed by atoms with Crippen LogP contribution < -0.4 is 5.73 Å². The molecule has 4 nitrogen and oxygen atoms in total. The molecule has 0 spiro atoms. The van der Waals surface area contributed by atoms with E-state index in [4.69, 9.17) is 17.3 Å². The van der Waals surface area contributed by atoms with E-state index in [-0.39, 0.29) is 23.7 Å². The summed E-state index contributed by atoms with van der Waals surface area (Å²) in [7, 11) is 0. The minimum atomic E-state index is -0.0489. The molecule has 2 N–H and O–H groups in total. The quantitative estimate of drug-likeness (QED) is 0.638. The second-order valence-corrected chi connectivity index (χ2v) is 4.97. The molecule has 2 unspecified atom stereocenters. The Bertz CT molecular complexity index is 509. The Morgan fingerprint density at radius 2 is 1.94 bits per heavy atom. The van der Waals surface area contributed by atoms with Gasteiger partial charge in [-0.15, -0.1) is 0 Å². The van der Waals surface area contributed by atoms with Crippen molar-refractivity contribution in [2.24, 2.45) is 11.8 Å². The van der Waals surface area contributed by atoms with E-state index in [0.29, 0.717) is 17.3 Å². The van der Waals surface area contributed by atoms with E-state index in [9.17, 15) is 9.59 Å². The summed E-state index contributed by atoms with van der Waals surface area (Å²) >= 11 is 5.81. The summed E-state index contributed by atoms with van der Waals surface area (Å²) < 4.78 is 0. The molecule has 0 bridgehead atoms. The lowest BCUT2D eigenvalue weighted by atomic mass is 10.2. The first-order valence-corrected chi connectivity index (χ1v) is 5.85. The maximum absolute atomic E-state index is 11.8. The Balaban J connectivity index is 1.81. The van der Waals surface area contributed by atoms with E-state index in [2.05, 4.69) is 0 Å². The number of halogens is 1. The fourth-order valence-corrected chi connectivity index (χ4v) is 2.40. The fraction of sp³-hybridized carbons (Fsp3) is 0.333. The van der Waals surface area contributed by atoms with Gasteiger partial charge in [0.15, 0.2) is 0 Å². The van der Waals surface area contributed by atoms with Crippen LogP contribution in [-0.2, 0) is 16.1 Å². The number of benzene rings is 1. The van der Waals surface area contributed by atoms with Crippen LogP contribution in [0.2, 0.25) is 5.02 Å². The molecule has 5 heteroatoms. The highest BCUT2D eigenvalue weighted by molar-refractivity contribution is 6.33. The lowest BCUT2D eigenvalue weighted by molar-refractivity contribution is -0.142. The molecule has 0 aromatic heterocycles. The number of nitrogen functional groups attached to an aromatic ring is 1. The normalized spacial score (nSPS) is 26.3. The number of carbonyl (C=O) groups is 2. The van der Waals surface area contributed by atoms with Crippen molar-refractivity contribution >= 4 is 29.1 Å². The third-order valence-corrected chi connectivity index (χ3v) is 3.70. The number of imide groups is 1. The standard InChI is InChI=1S/C12H11ClN2O2/c13-9-2-1-6(3-10(9)14)5-15-11(16)7-4-8(7)12(15)17/h1-3,7-8H,4-5,14H2. The zero-order valence-corrected chi connectivity index (χ0v) is 9.78. The number of hydrogen-bond acceptors (Lipinski definition) is 3. The van der Waals surface area contributed by atoms with Gasteiger partial charge in [-0.25, -0.2) is 0 Å². The Kier molecular flexibility index (Phi) is 2.16. The molecule has 1 aromatic rings. The molecule has 1 aromatic carbocycles. The molecule has 2 fully saturated rings. The van der Waals surface area contributed by atoms with Crippen molar-refractivity contribution in [2.45, 2.75) is 13.0 Å². The Hall–Kier alpha value is -1.55. The van der Waals surface area contributed by atoms with Gasteiger partial charge in [-0.1, -0.05) is 17.7 Å². The molecule has 1 saturated carbocycles. The molecule has 1 heterocycles. The lowest BCUT2D eigenvalue weighted by Gasteiger charge is -2.16. The van der Waals surface area contributed by atoms with Gasteiger partial charge >= 0.3 is 0 Å². The number of nitrogens with two attached hydrogens (primary N) is 1. The first-order valence-electron chi connectivity index (χ1n) is 5.47. The van der Waals surface area contributed by atoms with Crippen molar-refractivity contribution in [2.75, 3.05) is 5.73 Å². The number of rotatable bonds is 2. The fourth-order valence-electron chi connectivity index (χ4n) is 2.28. The highest BCUT2D eigenvalue weighted by Gasteiger charge is 2.58. The van der Waals surface area contributed by atoms with Crippen molar-refractivity contribution in [3.63, 3.8) is 0 Å². The highest BCUT2D eigenvalue weighted by atomic mass is 35.5. The van der Waals surface area contributed by atoms with Crippen LogP contribution in [0.1, 0.15) is 12.0 Å². The third kappa shape index (κ3) is 1.60. The topological polar surface area (TPSA) is 63.4 Å². The van der Waals surface area contributed by atoms with Gasteiger partial charge in [0.1, 0.15) is 0 Å². The molecule has 1 aliphatic heterocycles. The molecule has 88 valence electrons. The summed E-state index contributed by atoms with van der Waals surface area (Å²) in [5.74, 6) is -0.193. The van der Waals surface area contributed by atoms with Crippen LogP contribution >= 0.6 is 11.6 Å². The monoisotopic (exact) mass is 250 g/mol. The van der Waals surface area contributed by atoms with Gasteiger partial charge in [0, 0.05) is 0 Å². The first-order chi connectivity index (χ1) is 8.08. The minimum absolute atomic E-state index is 0.0477. The van der Waals surface area contributed by atoms with E-state index in [1.165, 1.54) is 4.90 Å². The summed E-state index contributed by atoms with van der Waals surface area (Å²) in [4.78, 5) is 24.8. The molecule has 0 radical (unpaired) electrons. The van der Waals surface area contributed by atoms with Crippen LogP contribution in [0.5, 0.6) is 0 Å². The van der Waals surface area contributed by atoms with Crippen LogP contribution in [0.15, 0.2) is 18.2 Å². The molecular formula is C12H11ClN2O2. The van der Waals surface area contributed by atoms with Gasteiger partial charge in [0.2, 0.25) is 11.8 Å². The van der Waals surface area contributed by atoms with Crippen LogP contribution in [0, 0.1) is 11.8 Å². The number of likely N-dealkylation sites (tertiary alicyclic amines) is 1. The van der Waals surface area contributed by atoms with Crippen LogP contribution in [0.3, 0.4) is 0 Å². The second kappa shape index (κ2) is 3.47. The second-order valence-electron chi connectivity index (χ2n) is 4.57. The van der Waals surface area contributed by atoms with Crippen molar-refractivity contribution in [1.82, 2.24) is 4.90 Å². The Morgan fingerprint density at radius 1 is 1.29 bits per heavy atom.